The molecule has 0 aliphatic rings. The first kappa shape index (κ1) is 16.2. The van der Waals surface area contributed by atoms with Crippen molar-refractivity contribution in [3.63, 3.8) is 0 Å². The third-order valence-electron chi connectivity index (χ3n) is 3.02. The van der Waals surface area contributed by atoms with Crippen molar-refractivity contribution in [3.05, 3.63) is 68.7 Å². The molecule has 0 aliphatic heterocycles. The Labute approximate surface area is 139 Å². The highest BCUT2D eigenvalue weighted by Gasteiger charge is 2.16. The van der Waals surface area contributed by atoms with E-state index in [0.29, 0.717) is 27.1 Å². The zero-order valence-corrected chi connectivity index (χ0v) is 13.6. The summed E-state index contributed by atoms with van der Waals surface area (Å²) in [6.45, 7) is 1.93. The molecule has 1 atom stereocenters. The van der Waals surface area contributed by atoms with Crippen molar-refractivity contribution in [2.75, 3.05) is 0 Å². The molecule has 2 aromatic rings. The summed E-state index contributed by atoms with van der Waals surface area (Å²) in [7, 11) is 0. The third kappa shape index (κ3) is 4.37. The lowest BCUT2D eigenvalue weighted by Gasteiger charge is -2.15. The quantitative estimate of drug-likeness (QED) is 0.831. The molecule has 0 fully saturated rings. The van der Waals surface area contributed by atoms with Crippen LogP contribution in [0.15, 0.2) is 42.5 Å². The van der Waals surface area contributed by atoms with Crippen molar-refractivity contribution in [3.8, 4) is 0 Å². The van der Waals surface area contributed by atoms with Gasteiger partial charge in [0, 0.05) is 11.1 Å². The van der Waals surface area contributed by atoms with E-state index in [2.05, 4.69) is 5.32 Å². The van der Waals surface area contributed by atoms with Crippen molar-refractivity contribution in [2.24, 2.45) is 0 Å². The van der Waals surface area contributed by atoms with Gasteiger partial charge in [-0.05, 0) is 43.2 Å². The van der Waals surface area contributed by atoms with Crippen LogP contribution in [0, 0.1) is 0 Å². The molecule has 2 nitrogen and oxygen atoms in total. The Morgan fingerprint density at radius 3 is 2.19 bits per heavy atom. The second-order valence-corrected chi connectivity index (χ2v) is 6.05. The molecule has 1 amide bonds. The van der Waals surface area contributed by atoms with Gasteiger partial charge in [-0.15, -0.1) is 0 Å². The van der Waals surface area contributed by atoms with Crippen LogP contribution in [0.4, 0.5) is 0 Å². The van der Waals surface area contributed by atoms with E-state index < -0.39 is 0 Å². The Morgan fingerprint density at radius 1 is 1.05 bits per heavy atom. The van der Waals surface area contributed by atoms with Crippen molar-refractivity contribution in [2.45, 2.75) is 19.4 Å². The number of hydrogen-bond donors (Lipinski definition) is 1. The summed E-state index contributed by atoms with van der Waals surface area (Å²) in [5.41, 5.74) is 1.40. The maximum Gasteiger partial charge on any atom is 0.254 e. The lowest BCUT2D eigenvalue weighted by atomic mass is 10.1. The normalized spacial score (nSPS) is 12.0. The van der Waals surface area contributed by atoms with Crippen molar-refractivity contribution in [1.29, 1.82) is 0 Å². The Balaban J connectivity index is 2.04. The minimum absolute atomic E-state index is 0.0500. The van der Waals surface area contributed by atoms with E-state index in [1.807, 2.05) is 31.2 Å². The van der Waals surface area contributed by atoms with Gasteiger partial charge in [-0.1, -0.05) is 53.0 Å². The van der Waals surface area contributed by atoms with Crippen LogP contribution < -0.4 is 5.32 Å². The number of hydrogen-bond acceptors (Lipinski definition) is 1. The Morgan fingerprint density at radius 2 is 1.62 bits per heavy atom. The van der Waals surface area contributed by atoms with Crippen LogP contribution >= 0.6 is 34.8 Å². The molecule has 2 aromatic carbocycles. The van der Waals surface area contributed by atoms with Gasteiger partial charge in [-0.2, -0.15) is 0 Å². The first-order chi connectivity index (χ1) is 9.97. The van der Waals surface area contributed by atoms with Gasteiger partial charge < -0.3 is 5.32 Å². The van der Waals surface area contributed by atoms with Gasteiger partial charge in [0.15, 0.2) is 0 Å². The molecule has 0 heterocycles. The smallest absolute Gasteiger partial charge is 0.254 e. The maximum atomic E-state index is 12.2. The fourth-order valence-electron chi connectivity index (χ4n) is 2.04. The molecule has 0 saturated heterocycles. The van der Waals surface area contributed by atoms with Gasteiger partial charge in [0.25, 0.3) is 5.91 Å². The van der Waals surface area contributed by atoms with Gasteiger partial charge in [0.05, 0.1) is 15.6 Å². The molecule has 110 valence electrons. The summed E-state index contributed by atoms with van der Waals surface area (Å²) in [5, 5.41) is 4.29. The highest BCUT2D eigenvalue weighted by molar-refractivity contribution is 6.39. The number of carbonyl (C=O) groups is 1. The highest BCUT2D eigenvalue weighted by Crippen LogP contribution is 2.24. The van der Waals surface area contributed by atoms with E-state index in [-0.39, 0.29) is 11.9 Å². The van der Waals surface area contributed by atoms with Crippen molar-refractivity contribution < 1.29 is 4.79 Å². The average Bonchev–Trinajstić information content (AvgIpc) is 2.41. The summed E-state index contributed by atoms with van der Waals surface area (Å²) < 4.78 is 0. The summed E-state index contributed by atoms with van der Waals surface area (Å²) in [6.07, 6.45) is 0.699. The molecule has 1 N–H and O–H groups in total. The molecule has 0 aliphatic carbocycles. The average molecular weight is 343 g/mol. The molecule has 0 spiro atoms. The summed E-state index contributed by atoms with van der Waals surface area (Å²) in [5.74, 6) is -0.271. The molecule has 1 unspecified atom stereocenters. The first-order valence-corrected chi connectivity index (χ1v) is 7.60. The van der Waals surface area contributed by atoms with Crippen molar-refractivity contribution >= 4 is 40.7 Å². The number of benzene rings is 2. The Hall–Kier alpha value is -1.22. The SMILES string of the molecule is CC(Cc1ccc(Cl)cc1)NC(=O)c1c(Cl)cccc1Cl. The summed E-state index contributed by atoms with van der Waals surface area (Å²) in [4.78, 5) is 12.2. The predicted molar refractivity (Wildman–Crippen MR) is 88.5 cm³/mol. The van der Waals surface area contributed by atoms with Gasteiger partial charge in [-0.25, -0.2) is 0 Å². The van der Waals surface area contributed by atoms with Gasteiger partial charge in [0.1, 0.15) is 0 Å². The second-order valence-electron chi connectivity index (χ2n) is 4.80. The van der Waals surface area contributed by atoms with E-state index in [1.54, 1.807) is 18.2 Å². The summed E-state index contributed by atoms with van der Waals surface area (Å²) in [6, 6.07) is 12.5. The van der Waals surface area contributed by atoms with Crippen molar-refractivity contribution in [1.82, 2.24) is 5.32 Å². The Kier molecular flexibility index (Phi) is 5.51. The zero-order valence-electron chi connectivity index (χ0n) is 11.4. The fourth-order valence-corrected chi connectivity index (χ4v) is 2.73. The fraction of sp³-hybridized carbons (Fsp3) is 0.188. The molecule has 0 bridgehead atoms. The first-order valence-electron chi connectivity index (χ1n) is 6.46. The zero-order chi connectivity index (χ0) is 15.4. The predicted octanol–water partition coefficient (Wildman–Crippen LogP) is 5.01. The molecular formula is C16H14Cl3NO. The second kappa shape index (κ2) is 7.17. The van der Waals surface area contributed by atoms with E-state index in [4.69, 9.17) is 34.8 Å². The molecule has 21 heavy (non-hydrogen) atoms. The lowest BCUT2D eigenvalue weighted by molar-refractivity contribution is 0.0940. The van der Waals surface area contributed by atoms with Crippen LogP contribution in [0.2, 0.25) is 15.1 Å². The van der Waals surface area contributed by atoms with Crippen LogP contribution in [0.1, 0.15) is 22.8 Å². The molecule has 2 rings (SSSR count). The standard InChI is InChI=1S/C16H14Cl3NO/c1-10(9-11-5-7-12(17)8-6-11)20-16(21)15-13(18)3-2-4-14(15)19/h2-8,10H,9H2,1H3,(H,20,21). The van der Waals surface area contributed by atoms with Crippen LogP contribution in [0.3, 0.4) is 0 Å². The lowest BCUT2D eigenvalue weighted by Crippen LogP contribution is -2.34. The summed E-state index contributed by atoms with van der Waals surface area (Å²) >= 11 is 17.9. The minimum Gasteiger partial charge on any atom is -0.349 e. The third-order valence-corrected chi connectivity index (χ3v) is 3.90. The van der Waals surface area contributed by atoms with Gasteiger partial charge in [0.2, 0.25) is 0 Å². The van der Waals surface area contributed by atoms with E-state index >= 15 is 0 Å². The number of rotatable bonds is 4. The Bertz CT molecular complexity index is 620. The largest absolute Gasteiger partial charge is 0.349 e. The number of halogens is 3. The molecule has 0 saturated carbocycles. The number of carbonyl (C=O) groups excluding carboxylic acids is 1. The van der Waals surface area contributed by atoms with Crippen LogP contribution in [0.5, 0.6) is 0 Å². The molecule has 5 heteroatoms. The number of nitrogens with one attached hydrogen (secondary N) is 1. The van der Waals surface area contributed by atoms with E-state index in [9.17, 15) is 4.79 Å². The minimum atomic E-state index is -0.271. The van der Waals surface area contributed by atoms with Crippen LogP contribution in [-0.4, -0.2) is 11.9 Å². The molecule has 0 radical (unpaired) electrons. The van der Waals surface area contributed by atoms with Crippen LogP contribution in [-0.2, 0) is 6.42 Å². The topological polar surface area (TPSA) is 29.1 Å². The molecule has 0 aromatic heterocycles. The molecular weight excluding hydrogens is 329 g/mol. The van der Waals surface area contributed by atoms with E-state index in [0.717, 1.165) is 5.56 Å². The highest BCUT2D eigenvalue weighted by atomic mass is 35.5. The monoisotopic (exact) mass is 341 g/mol. The van der Waals surface area contributed by atoms with Gasteiger partial charge in [-0.3, -0.25) is 4.79 Å². The maximum absolute atomic E-state index is 12.2. The number of amides is 1. The van der Waals surface area contributed by atoms with E-state index in [1.165, 1.54) is 0 Å². The van der Waals surface area contributed by atoms with Gasteiger partial charge >= 0.3 is 0 Å². The van der Waals surface area contributed by atoms with Crippen LogP contribution in [0.25, 0.3) is 0 Å².